The average Bonchev–Trinajstić information content (AvgIpc) is 3.29. The summed E-state index contributed by atoms with van der Waals surface area (Å²) in [5.41, 5.74) is 0.965. The molecule has 0 aliphatic heterocycles. The fourth-order valence-corrected chi connectivity index (χ4v) is 4.73. The van der Waals surface area contributed by atoms with E-state index in [2.05, 4.69) is 20.0 Å². The largest absolute Gasteiger partial charge is 0.395 e. The second-order valence-electron chi connectivity index (χ2n) is 7.81. The van der Waals surface area contributed by atoms with E-state index < -0.39 is 17.5 Å². The van der Waals surface area contributed by atoms with Crippen molar-refractivity contribution in [3.63, 3.8) is 0 Å². The third-order valence-electron chi connectivity index (χ3n) is 5.57. The van der Waals surface area contributed by atoms with Crippen LogP contribution in [0.3, 0.4) is 0 Å². The topological polar surface area (TPSA) is 92.1 Å². The summed E-state index contributed by atoms with van der Waals surface area (Å²) in [5.74, 6) is 0.301. The second kappa shape index (κ2) is 9.93. The number of hydrogen-bond acceptors (Lipinski definition) is 7. The normalized spacial score (nSPS) is 14.5. The molecule has 2 aromatic heterocycles. The minimum atomic E-state index is -2.84. The fraction of sp³-hybridized carbons (Fsp3) is 0.409. The van der Waals surface area contributed by atoms with Crippen molar-refractivity contribution < 1.29 is 13.9 Å². The van der Waals surface area contributed by atoms with Crippen molar-refractivity contribution in [3.8, 4) is 0 Å². The third-order valence-corrected chi connectivity index (χ3v) is 6.41. The summed E-state index contributed by atoms with van der Waals surface area (Å²) in [6.45, 7) is 2.50. The highest BCUT2D eigenvalue weighted by atomic mass is 32.2. The van der Waals surface area contributed by atoms with Gasteiger partial charge in [-0.1, -0.05) is 12.8 Å². The number of alkyl halides is 2. The Morgan fingerprint density at radius 3 is 2.75 bits per heavy atom. The summed E-state index contributed by atoms with van der Waals surface area (Å²) >= 11 is 1.43. The van der Waals surface area contributed by atoms with Crippen molar-refractivity contribution in [3.05, 3.63) is 51.9 Å². The van der Waals surface area contributed by atoms with E-state index in [9.17, 15) is 13.6 Å². The Hall–Kier alpha value is -2.56. The van der Waals surface area contributed by atoms with Crippen LogP contribution in [0, 0.1) is 6.92 Å². The highest BCUT2D eigenvalue weighted by Crippen LogP contribution is 2.32. The van der Waals surface area contributed by atoms with Crippen molar-refractivity contribution in [2.45, 2.75) is 50.0 Å². The molecule has 3 N–H and O–H groups in total. The predicted octanol–water partition coefficient (Wildman–Crippen LogP) is 4.49. The lowest BCUT2D eigenvalue weighted by Crippen LogP contribution is -2.28. The van der Waals surface area contributed by atoms with Crippen LogP contribution in [0.4, 0.5) is 20.4 Å². The van der Waals surface area contributed by atoms with Crippen molar-refractivity contribution in [2.75, 3.05) is 18.5 Å². The van der Waals surface area contributed by atoms with Gasteiger partial charge < -0.3 is 10.4 Å². The maximum absolute atomic E-state index is 13.5. The van der Waals surface area contributed by atoms with Gasteiger partial charge in [-0.15, -0.1) is 0 Å². The number of nitrogens with one attached hydrogen (secondary N) is 2. The number of anilines is 2. The van der Waals surface area contributed by atoms with Gasteiger partial charge in [0.15, 0.2) is 0 Å². The lowest BCUT2D eigenvalue weighted by atomic mass is 10.1. The number of aryl methyl sites for hydroxylation is 1. The fourth-order valence-electron chi connectivity index (χ4n) is 4.00. The van der Waals surface area contributed by atoms with E-state index >= 15 is 0 Å². The standard InChI is InChI=1S/C22H25F2N5O2S/c1-13-10-16(32-26-8-9-30)6-7-18(13)27-22-25-12-14-11-17(19(23)24)21(31)29(20(14)28-22)15-4-2-3-5-15/h6-7,10-12,15,19,26,30H,2-5,8-9H2,1H3,(H,25,27,28). The first kappa shape index (κ1) is 22.6. The van der Waals surface area contributed by atoms with E-state index in [1.807, 2.05) is 25.1 Å². The van der Waals surface area contributed by atoms with Gasteiger partial charge in [0.05, 0.1) is 12.2 Å². The van der Waals surface area contributed by atoms with Crippen LogP contribution >= 0.6 is 11.9 Å². The molecule has 3 aromatic rings. The van der Waals surface area contributed by atoms with Crippen LogP contribution in [0.2, 0.25) is 0 Å². The monoisotopic (exact) mass is 461 g/mol. The first-order chi connectivity index (χ1) is 15.5. The first-order valence-electron chi connectivity index (χ1n) is 10.6. The van der Waals surface area contributed by atoms with Gasteiger partial charge in [0.1, 0.15) is 5.65 Å². The molecule has 10 heteroatoms. The van der Waals surface area contributed by atoms with Crippen LogP contribution < -0.4 is 15.6 Å². The Balaban J connectivity index is 1.68. The van der Waals surface area contributed by atoms with Crippen molar-refractivity contribution in [1.29, 1.82) is 0 Å². The molecule has 0 unspecified atom stereocenters. The Labute approximate surface area is 188 Å². The zero-order chi connectivity index (χ0) is 22.7. The molecule has 170 valence electrons. The van der Waals surface area contributed by atoms with Gasteiger partial charge in [-0.2, -0.15) is 4.98 Å². The minimum absolute atomic E-state index is 0.0651. The first-order valence-corrected chi connectivity index (χ1v) is 11.4. The molecule has 1 aliphatic rings. The summed E-state index contributed by atoms with van der Waals surface area (Å²) in [6, 6.07) is 6.89. The smallest absolute Gasteiger partial charge is 0.269 e. The number of rotatable bonds is 8. The lowest BCUT2D eigenvalue weighted by Gasteiger charge is -2.18. The zero-order valence-electron chi connectivity index (χ0n) is 17.6. The summed E-state index contributed by atoms with van der Waals surface area (Å²) < 4.78 is 31.5. The van der Waals surface area contributed by atoms with E-state index in [0.29, 0.717) is 23.5 Å². The molecular formula is C22H25F2N5O2S. The SMILES string of the molecule is Cc1cc(SNCCO)ccc1Nc1ncc2cc(C(F)F)c(=O)n(C3CCCC3)c2n1. The van der Waals surface area contributed by atoms with Gasteiger partial charge in [0.2, 0.25) is 5.95 Å². The Morgan fingerprint density at radius 2 is 2.06 bits per heavy atom. The molecule has 1 saturated carbocycles. The number of aromatic nitrogens is 3. The van der Waals surface area contributed by atoms with E-state index in [0.717, 1.165) is 41.8 Å². The summed E-state index contributed by atoms with van der Waals surface area (Å²) in [7, 11) is 0. The van der Waals surface area contributed by atoms with Gasteiger partial charge in [-0.05, 0) is 61.5 Å². The minimum Gasteiger partial charge on any atom is -0.395 e. The van der Waals surface area contributed by atoms with E-state index in [-0.39, 0.29) is 12.6 Å². The van der Waals surface area contributed by atoms with Crippen LogP contribution in [0.15, 0.2) is 40.2 Å². The van der Waals surface area contributed by atoms with Gasteiger partial charge in [-0.25, -0.2) is 13.8 Å². The molecule has 1 aliphatic carbocycles. The second-order valence-corrected chi connectivity index (χ2v) is 8.77. The number of hydrogen-bond donors (Lipinski definition) is 3. The van der Waals surface area contributed by atoms with Crippen molar-refractivity contribution in [2.24, 2.45) is 0 Å². The lowest BCUT2D eigenvalue weighted by molar-refractivity contribution is 0.149. The molecule has 0 radical (unpaired) electrons. The number of pyridine rings is 1. The maximum Gasteiger partial charge on any atom is 0.269 e. The third kappa shape index (κ3) is 4.77. The number of nitrogens with zero attached hydrogens (tertiary/aromatic N) is 3. The molecule has 0 amide bonds. The maximum atomic E-state index is 13.5. The summed E-state index contributed by atoms with van der Waals surface area (Å²) in [6.07, 6.45) is 2.12. The van der Waals surface area contributed by atoms with Crippen LogP contribution in [0.25, 0.3) is 11.0 Å². The summed E-state index contributed by atoms with van der Waals surface area (Å²) in [4.78, 5) is 22.7. The average molecular weight is 462 g/mol. The predicted molar refractivity (Wildman–Crippen MR) is 122 cm³/mol. The van der Waals surface area contributed by atoms with E-state index in [1.54, 1.807) is 0 Å². The molecule has 0 spiro atoms. The van der Waals surface area contributed by atoms with Crippen molar-refractivity contribution in [1.82, 2.24) is 19.3 Å². The van der Waals surface area contributed by atoms with Crippen LogP contribution in [0.1, 0.15) is 49.3 Å². The van der Waals surface area contributed by atoms with Crippen LogP contribution in [-0.4, -0.2) is 32.8 Å². The summed E-state index contributed by atoms with van der Waals surface area (Å²) in [5, 5.41) is 12.5. The Morgan fingerprint density at radius 1 is 1.28 bits per heavy atom. The Bertz CT molecular complexity index is 1170. The van der Waals surface area contributed by atoms with Gasteiger partial charge >= 0.3 is 0 Å². The molecule has 7 nitrogen and oxygen atoms in total. The molecule has 4 rings (SSSR count). The number of halogens is 2. The molecular weight excluding hydrogens is 436 g/mol. The molecule has 0 atom stereocenters. The van der Waals surface area contributed by atoms with E-state index in [4.69, 9.17) is 5.11 Å². The Kier molecular flexibility index (Phi) is 7.02. The molecule has 2 heterocycles. The van der Waals surface area contributed by atoms with Gasteiger partial charge in [0.25, 0.3) is 12.0 Å². The van der Waals surface area contributed by atoms with E-state index in [1.165, 1.54) is 28.8 Å². The molecule has 32 heavy (non-hydrogen) atoms. The number of benzene rings is 1. The van der Waals surface area contributed by atoms with Gasteiger partial charge in [0, 0.05) is 34.8 Å². The van der Waals surface area contributed by atoms with Gasteiger partial charge in [-0.3, -0.25) is 14.1 Å². The molecule has 1 aromatic carbocycles. The molecule has 0 saturated heterocycles. The molecule has 0 bridgehead atoms. The number of aliphatic hydroxyl groups excluding tert-OH is 1. The van der Waals surface area contributed by atoms with Crippen LogP contribution in [-0.2, 0) is 0 Å². The van der Waals surface area contributed by atoms with Crippen molar-refractivity contribution >= 4 is 34.6 Å². The van der Waals surface area contributed by atoms with Crippen LogP contribution in [0.5, 0.6) is 0 Å². The quantitative estimate of drug-likeness (QED) is 0.336. The highest BCUT2D eigenvalue weighted by molar-refractivity contribution is 7.97. The zero-order valence-corrected chi connectivity index (χ0v) is 18.5. The number of fused-ring (bicyclic) bond motifs is 1. The molecule has 1 fully saturated rings. The number of aliphatic hydroxyl groups is 1. The highest BCUT2D eigenvalue weighted by Gasteiger charge is 2.25.